The van der Waals surface area contributed by atoms with Gasteiger partial charge in [0.1, 0.15) is 5.69 Å². The maximum atomic E-state index is 6.46. The molecule has 0 bridgehead atoms. The summed E-state index contributed by atoms with van der Waals surface area (Å²) in [4.78, 5) is 8.80. The maximum absolute atomic E-state index is 6.46. The van der Waals surface area contributed by atoms with Crippen LogP contribution in [-0.4, -0.2) is 15.1 Å². The molecule has 0 unspecified atom stereocenters. The van der Waals surface area contributed by atoms with Gasteiger partial charge in [-0.1, -0.05) is 12.1 Å². The van der Waals surface area contributed by atoms with Gasteiger partial charge in [0, 0.05) is 15.1 Å². The molecule has 112 valence electrons. The lowest BCUT2D eigenvalue weighted by molar-refractivity contribution is 0.190. The standard InChI is InChI=1S/C14H16Br2N4O/c1-8-2-4-14(17,5-3-8)13-19-12(20-21-13)11-10(16)6-9(15)7-18-11/h6-8H,2-5,17H2,1H3. The third kappa shape index (κ3) is 3.05. The van der Waals surface area contributed by atoms with E-state index < -0.39 is 5.54 Å². The van der Waals surface area contributed by atoms with E-state index in [1.807, 2.05) is 6.07 Å². The van der Waals surface area contributed by atoms with Crippen LogP contribution in [0.15, 0.2) is 25.7 Å². The molecule has 0 aromatic carbocycles. The number of aromatic nitrogens is 3. The fourth-order valence-corrected chi connectivity index (χ4v) is 3.76. The summed E-state index contributed by atoms with van der Waals surface area (Å²) in [6, 6.07) is 1.90. The highest BCUT2D eigenvalue weighted by Crippen LogP contribution is 2.37. The largest absolute Gasteiger partial charge is 0.337 e. The van der Waals surface area contributed by atoms with Gasteiger partial charge in [-0.3, -0.25) is 4.98 Å². The van der Waals surface area contributed by atoms with Crippen molar-refractivity contribution in [2.45, 2.75) is 38.1 Å². The maximum Gasteiger partial charge on any atom is 0.247 e. The van der Waals surface area contributed by atoms with E-state index in [-0.39, 0.29) is 0 Å². The first-order valence-corrected chi connectivity index (χ1v) is 8.51. The third-order valence-electron chi connectivity index (χ3n) is 4.04. The third-order valence-corrected chi connectivity index (χ3v) is 5.08. The molecule has 7 heteroatoms. The van der Waals surface area contributed by atoms with Crippen LogP contribution in [0.25, 0.3) is 11.5 Å². The van der Waals surface area contributed by atoms with Gasteiger partial charge in [0.15, 0.2) is 0 Å². The Labute approximate surface area is 140 Å². The highest BCUT2D eigenvalue weighted by molar-refractivity contribution is 9.11. The summed E-state index contributed by atoms with van der Waals surface area (Å²) in [5.41, 5.74) is 6.61. The van der Waals surface area contributed by atoms with Crippen LogP contribution >= 0.6 is 31.9 Å². The Kier molecular flexibility index (Phi) is 4.16. The van der Waals surface area contributed by atoms with E-state index in [0.717, 1.165) is 34.6 Å². The SMILES string of the molecule is CC1CCC(N)(c2nc(-c3ncc(Br)cc3Br)no2)CC1. The Morgan fingerprint density at radius 3 is 2.71 bits per heavy atom. The van der Waals surface area contributed by atoms with E-state index in [1.54, 1.807) is 6.20 Å². The molecule has 1 aliphatic rings. The molecule has 0 aliphatic heterocycles. The van der Waals surface area contributed by atoms with E-state index >= 15 is 0 Å². The van der Waals surface area contributed by atoms with Gasteiger partial charge in [-0.15, -0.1) is 0 Å². The average Bonchev–Trinajstić information content (AvgIpc) is 2.92. The molecule has 1 aliphatic carbocycles. The lowest BCUT2D eigenvalue weighted by Crippen LogP contribution is -2.40. The van der Waals surface area contributed by atoms with Crippen molar-refractivity contribution in [3.05, 3.63) is 27.1 Å². The van der Waals surface area contributed by atoms with Gasteiger partial charge >= 0.3 is 0 Å². The van der Waals surface area contributed by atoms with E-state index in [2.05, 4.69) is 53.9 Å². The van der Waals surface area contributed by atoms with E-state index in [0.29, 0.717) is 23.3 Å². The number of nitrogens with zero attached hydrogens (tertiary/aromatic N) is 3. The molecular formula is C14H16Br2N4O. The van der Waals surface area contributed by atoms with Crippen molar-refractivity contribution in [3.8, 4) is 11.5 Å². The van der Waals surface area contributed by atoms with Crippen molar-refractivity contribution in [1.82, 2.24) is 15.1 Å². The summed E-state index contributed by atoms with van der Waals surface area (Å²) < 4.78 is 7.12. The van der Waals surface area contributed by atoms with Crippen LogP contribution in [0.4, 0.5) is 0 Å². The molecule has 0 spiro atoms. The first-order chi connectivity index (χ1) is 9.98. The van der Waals surface area contributed by atoms with E-state index in [1.165, 1.54) is 0 Å². The van der Waals surface area contributed by atoms with Gasteiger partial charge in [-0.05, 0) is 69.5 Å². The molecule has 0 atom stereocenters. The molecule has 2 aromatic rings. The van der Waals surface area contributed by atoms with Crippen molar-refractivity contribution in [2.75, 3.05) is 0 Å². The Balaban J connectivity index is 1.89. The monoisotopic (exact) mass is 414 g/mol. The van der Waals surface area contributed by atoms with E-state index in [4.69, 9.17) is 10.3 Å². The minimum absolute atomic E-state index is 0.466. The van der Waals surface area contributed by atoms with Gasteiger partial charge in [-0.2, -0.15) is 4.98 Å². The van der Waals surface area contributed by atoms with Crippen LogP contribution < -0.4 is 5.73 Å². The molecule has 0 radical (unpaired) electrons. The summed E-state index contributed by atoms with van der Waals surface area (Å²) in [7, 11) is 0. The van der Waals surface area contributed by atoms with Gasteiger partial charge in [0.05, 0.1) is 5.54 Å². The Bertz CT molecular complexity index is 650. The second-order valence-electron chi connectivity index (χ2n) is 5.75. The van der Waals surface area contributed by atoms with Crippen LogP contribution in [0.1, 0.15) is 38.5 Å². The number of pyridine rings is 1. The molecule has 1 saturated carbocycles. The molecule has 2 aromatic heterocycles. The Morgan fingerprint density at radius 1 is 1.33 bits per heavy atom. The topological polar surface area (TPSA) is 77.8 Å². The zero-order valence-electron chi connectivity index (χ0n) is 11.6. The van der Waals surface area contributed by atoms with Crippen molar-refractivity contribution in [1.29, 1.82) is 0 Å². The highest BCUT2D eigenvalue weighted by atomic mass is 79.9. The summed E-state index contributed by atoms with van der Waals surface area (Å²) in [5.74, 6) is 1.69. The minimum atomic E-state index is -0.500. The van der Waals surface area contributed by atoms with Gasteiger partial charge in [-0.25, -0.2) is 0 Å². The molecule has 1 fully saturated rings. The predicted octanol–water partition coefficient (Wildman–Crippen LogP) is 4.02. The first kappa shape index (κ1) is 15.1. The minimum Gasteiger partial charge on any atom is -0.337 e. The van der Waals surface area contributed by atoms with Crippen LogP contribution in [0.3, 0.4) is 0 Å². The number of hydrogen-bond donors (Lipinski definition) is 1. The second kappa shape index (κ2) is 5.78. The quantitative estimate of drug-likeness (QED) is 0.801. The Hall–Kier alpha value is -0.790. The second-order valence-corrected chi connectivity index (χ2v) is 7.52. The highest BCUT2D eigenvalue weighted by Gasteiger charge is 2.37. The molecule has 5 nitrogen and oxygen atoms in total. The summed E-state index contributed by atoms with van der Waals surface area (Å²) >= 11 is 6.84. The summed E-state index contributed by atoms with van der Waals surface area (Å²) in [5, 5.41) is 4.04. The molecule has 21 heavy (non-hydrogen) atoms. The fraction of sp³-hybridized carbons (Fsp3) is 0.500. The summed E-state index contributed by atoms with van der Waals surface area (Å²) in [6.07, 6.45) is 5.65. The number of nitrogens with two attached hydrogens (primary N) is 1. The van der Waals surface area contributed by atoms with Crippen molar-refractivity contribution < 1.29 is 4.52 Å². The Morgan fingerprint density at radius 2 is 2.05 bits per heavy atom. The predicted molar refractivity (Wildman–Crippen MR) is 86.4 cm³/mol. The van der Waals surface area contributed by atoms with E-state index in [9.17, 15) is 0 Å². The molecule has 0 amide bonds. The van der Waals surface area contributed by atoms with Crippen LogP contribution in [-0.2, 0) is 5.54 Å². The lowest BCUT2D eigenvalue weighted by atomic mass is 9.78. The van der Waals surface area contributed by atoms with Crippen LogP contribution in [0.2, 0.25) is 0 Å². The van der Waals surface area contributed by atoms with Gasteiger partial charge in [0.2, 0.25) is 11.7 Å². The van der Waals surface area contributed by atoms with Gasteiger partial charge < -0.3 is 10.3 Å². The fourth-order valence-electron chi connectivity index (χ4n) is 2.59. The molecule has 0 saturated heterocycles. The van der Waals surface area contributed by atoms with Crippen molar-refractivity contribution in [2.24, 2.45) is 11.7 Å². The average molecular weight is 416 g/mol. The molecule has 2 N–H and O–H groups in total. The van der Waals surface area contributed by atoms with Gasteiger partial charge in [0.25, 0.3) is 0 Å². The zero-order valence-corrected chi connectivity index (χ0v) is 14.8. The normalized spacial score (nSPS) is 26.0. The van der Waals surface area contributed by atoms with Crippen molar-refractivity contribution >= 4 is 31.9 Å². The molecule has 3 rings (SSSR count). The first-order valence-electron chi connectivity index (χ1n) is 6.92. The van der Waals surface area contributed by atoms with Crippen LogP contribution in [0, 0.1) is 5.92 Å². The summed E-state index contributed by atoms with van der Waals surface area (Å²) in [6.45, 7) is 2.25. The number of rotatable bonds is 2. The lowest BCUT2D eigenvalue weighted by Gasteiger charge is -2.32. The zero-order chi connectivity index (χ0) is 15.0. The molecule has 2 heterocycles. The smallest absolute Gasteiger partial charge is 0.247 e. The number of hydrogen-bond acceptors (Lipinski definition) is 5. The van der Waals surface area contributed by atoms with Crippen molar-refractivity contribution in [3.63, 3.8) is 0 Å². The number of halogens is 2. The molecular weight excluding hydrogens is 400 g/mol. The van der Waals surface area contributed by atoms with Crippen LogP contribution in [0.5, 0.6) is 0 Å².